The van der Waals surface area contributed by atoms with Crippen molar-refractivity contribution in [2.75, 3.05) is 30.4 Å². The number of anilines is 2. The maximum absolute atomic E-state index is 15.0. The molecule has 33 heavy (non-hydrogen) atoms. The van der Waals surface area contributed by atoms with Crippen molar-refractivity contribution in [3.63, 3.8) is 0 Å². The molecule has 4 heterocycles. The third-order valence-corrected chi connectivity index (χ3v) is 5.55. The van der Waals surface area contributed by atoms with Crippen LogP contribution in [0.2, 0.25) is 0 Å². The number of carbonyl (C=O) groups excluding carboxylic acids is 1. The van der Waals surface area contributed by atoms with E-state index in [2.05, 4.69) is 25.5 Å². The average Bonchev–Trinajstić information content (AvgIpc) is 3.23. The number of hydrogen-bond acceptors (Lipinski definition) is 6. The second-order valence-electron chi connectivity index (χ2n) is 7.75. The molecule has 3 aromatic rings. The summed E-state index contributed by atoms with van der Waals surface area (Å²) in [4.78, 5) is 36.1. The van der Waals surface area contributed by atoms with E-state index in [0.717, 1.165) is 16.5 Å². The predicted molar refractivity (Wildman–Crippen MR) is 111 cm³/mol. The van der Waals surface area contributed by atoms with E-state index < -0.39 is 41.2 Å². The SMILES string of the molecule is CN(C(=O)Nc1cc(C(F)(F)F)cn(C)c1=O)C1CCN(c2cnc3[nH]ncc3n2)CC1F. The first-order valence-corrected chi connectivity index (χ1v) is 9.91. The van der Waals surface area contributed by atoms with E-state index in [9.17, 15) is 22.8 Å². The van der Waals surface area contributed by atoms with Crippen LogP contribution >= 0.6 is 0 Å². The number of halogens is 4. The highest BCUT2D eigenvalue weighted by molar-refractivity contribution is 5.89. The number of fused-ring (bicyclic) bond motifs is 1. The summed E-state index contributed by atoms with van der Waals surface area (Å²) in [7, 11) is 2.48. The molecule has 0 aromatic carbocycles. The number of H-pyrrole nitrogens is 1. The van der Waals surface area contributed by atoms with Crippen LogP contribution in [0.15, 0.2) is 29.5 Å². The molecule has 1 aliphatic heterocycles. The zero-order valence-corrected chi connectivity index (χ0v) is 17.6. The smallest absolute Gasteiger partial charge is 0.352 e. The Morgan fingerprint density at radius 2 is 2.09 bits per heavy atom. The first-order valence-electron chi connectivity index (χ1n) is 9.91. The molecule has 0 saturated carbocycles. The Labute approximate surface area is 184 Å². The van der Waals surface area contributed by atoms with Crippen molar-refractivity contribution in [3.8, 4) is 0 Å². The number of urea groups is 1. The molecule has 2 amide bonds. The predicted octanol–water partition coefficient (Wildman–Crippen LogP) is 2.15. The highest BCUT2D eigenvalue weighted by Crippen LogP contribution is 2.30. The number of rotatable bonds is 3. The minimum atomic E-state index is -4.70. The fourth-order valence-corrected chi connectivity index (χ4v) is 3.72. The third kappa shape index (κ3) is 4.45. The molecular formula is C19H20F4N8O2. The van der Waals surface area contributed by atoms with Crippen LogP contribution in [-0.2, 0) is 13.2 Å². The summed E-state index contributed by atoms with van der Waals surface area (Å²) < 4.78 is 54.9. The number of aromatic amines is 1. The molecule has 2 N–H and O–H groups in total. The van der Waals surface area contributed by atoms with Crippen LogP contribution in [0.5, 0.6) is 0 Å². The molecule has 0 radical (unpaired) electrons. The van der Waals surface area contributed by atoms with Crippen LogP contribution < -0.4 is 15.8 Å². The van der Waals surface area contributed by atoms with Crippen molar-refractivity contribution in [2.24, 2.45) is 7.05 Å². The van der Waals surface area contributed by atoms with E-state index >= 15 is 4.39 Å². The zero-order chi connectivity index (χ0) is 23.9. The standard InChI is InChI=1S/C19H20F4N8O2/c1-29-8-10(19(21,22)23)5-12(17(29)32)27-18(33)30(2)14-3-4-31(9-11(14)20)15-7-24-16-13(26-15)6-25-28-16/h5-8,11,14H,3-4,9H2,1-2H3,(H,27,33)(H,24,25,28). The second kappa shape index (κ2) is 8.33. The highest BCUT2D eigenvalue weighted by Gasteiger charge is 2.36. The van der Waals surface area contributed by atoms with E-state index in [-0.39, 0.29) is 13.0 Å². The van der Waals surface area contributed by atoms with Gasteiger partial charge in [-0.15, -0.1) is 0 Å². The lowest BCUT2D eigenvalue weighted by atomic mass is 10.0. The summed E-state index contributed by atoms with van der Waals surface area (Å²) >= 11 is 0. The lowest BCUT2D eigenvalue weighted by Gasteiger charge is -2.39. The van der Waals surface area contributed by atoms with Crippen molar-refractivity contribution in [3.05, 3.63) is 40.6 Å². The van der Waals surface area contributed by atoms with Crippen molar-refractivity contribution in [1.29, 1.82) is 0 Å². The molecular weight excluding hydrogens is 448 g/mol. The van der Waals surface area contributed by atoms with Gasteiger partial charge in [-0.25, -0.2) is 19.2 Å². The van der Waals surface area contributed by atoms with Crippen molar-refractivity contribution < 1.29 is 22.4 Å². The minimum absolute atomic E-state index is 0.0638. The monoisotopic (exact) mass is 468 g/mol. The fraction of sp³-hybridized carbons (Fsp3) is 0.421. The Bertz CT molecular complexity index is 1240. The number of nitrogens with zero attached hydrogens (tertiary/aromatic N) is 6. The number of piperidine rings is 1. The molecule has 2 unspecified atom stereocenters. The Morgan fingerprint density at radius 3 is 2.79 bits per heavy atom. The van der Waals surface area contributed by atoms with Gasteiger partial charge in [-0.3, -0.25) is 9.89 Å². The van der Waals surface area contributed by atoms with Gasteiger partial charge in [0.2, 0.25) is 0 Å². The minimum Gasteiger partial charge on any atom is -0.352 e. The number of pyridine rings is 1. The lowest BCUT2D eigenvalue weighted by molar-refractivity contribution is -0.138. The van der Waals surface area contributed by atoms with E-state index in [1.165, 1.54) is 19.4 Å². The molecule has 176 valence electrons. The molecule has 1 aliphatic rings. The molecule has 10 nitrogen and oxygen atoms in total. The summed E-state index contributed by atoms with van der Waals surface area (Å²) in [6, 6.07) is -1.16. The molecule has 1 saturated heterocycles. The van der Waals surface area contributed by atoms with Crippen LogP contribution in [0, 0.1) is 0 Å². The maximum atomic E-state index is 15.0. The van der Waals surface area contributed by atoms with E-state index in [1.807, 2.05) is 0 Å². The van der Waals surface area contributed by atoms with E-state index in [4.69, 9.17) is 0 Å². The molecule has 4 rings (SSSR count). The Kier molecular flexibility index (Phi) is 5.68. The average molecular weight is 468 g/mol. The number of hydrogen-bond donors (Lipinski definition) is 2. The fourth-order valence-electron chi connectivity index (χ4n) is 3.72. The number of aromatic nitrogens is 5. The molecule has 1 fully saturated rings. The summed E-state index contributed by atoms with van der Waals surface area (Å²) in [5.74, 6) is 0.463. The highest BCUT2D eigenvalue weighted by atomic mass is 19.4. The van der Waals surface area contributed by atoms with Crippen molar-refractivity contribution in [2.45, 2.75) is 24.8 Å². The normalized spacial score (nSPS) is 19.0. The number of nitrogens with one attached hydrogen (secondary N) is 2. The van der Waals surface area contributed by atoms with Crippen LogP contribution in [0.25, 0.3) is 11.2 Å². The molecule has 0 bridgehead atoms. The van der Waals surface area contributed by atoms with Gasteiger partial charge in [0.1, 0.15) is 23.2 Å². The van der Waals surface area contributed by atoms with Gasteiger partial charge in [-0.1, -0.05) is 0 Å². The number of alkyl halides is 4. The summed E-state index contributed by atoms with van der Waals surface area (Å²) in [6.45, 7) is 0.303. The van der Waals surface area contributed by atoms with Gasteiger partial charge >= 0.3 is 12.2 Å². The Balaban J connectivity index is 1.45. The van der Waals surface area contributed by atoms with Gasteiger partial charge in [0, 0.05) is 26.8 Å². The van der Waals surface area contributed by atoms with Gasteiger partial charge in [-0.05, 0) is 12.5 Å². The van der Waals surface area contributed by atoms with Gasteiger partial charge in [0.05, 0.1) is 30.5 Å². The number of carbonyl (C=O) groups is 1. The third-order valence-electron chi connectivity index (χ3n) is 5.55. The summed E-state index contributed by atoms with van der Waals surface area (Å²) in [6.07, 6.45) is -2.30. The molecule has 14 heteroatoms. The number of aryl methyl sites for hydroxylation is 1. The van der Waals surface area contributed by atoms with Crippen molar-refractivity contribution >= 4 is 28.7 Å². The Hall–Kier alpha value is -3.71. The van der Waals surface area contributed by atoms with E-state index in [1.54, 1.807) is 4.90 Å². The largest absolute Gasteiger partial charge is 0.417 e. The van der Waals surface area contributed by atoms with Crippen LogP contribution in [0.3, 0.4) is 0 Å². The summed E-state index contributed by atoms with van der Waals surface area (Å²) in [5, 5.41) is 8.70. The molecule has 3 aromatic heterocycles. The molecule has 2 atom stereocenters. The Morgan fingerprint density at radius 1 is 1.33 bits per heavy atom. The zero-order valence-electron chi connectivity index (χ0n) is 17.6. The summed E-state index contributed by atoms with van der Waals surface area (Å²) in [5.41, 5.74) is -1.41. The quantitative estimate of drug-likeness (QED) is 0.570. The first kappa shape index (κ1) is 22.5. The van der Waals surface area contributed by atoms with Gasteiger partial charge in [0.25, 0.3) is 5.56 Å². The second-order valence-corrected chi connectivity index (χ2v) is 7.75. The van der Waals surface area contributed by atoms with Crippen molar-refractivity contribution in [1.82, 2.24) is 29.6 Å². The van der Waals surface area contributed by atoms with Crippen LogP contribution in [0.4, 0.5) is 33.9 Å². The first-order chi connectivity index (χ1) is 15.5. The van der Waals surface area contributed by atoms with Crippen LogP contribution in [-0.4, -0.2) is 68.0 Å². The number of amides is 2. The maximum Gasteiger partial charge on any atom is 0.417 e. The van der Waals surface area contributed by atoms with E-state index in [0.29, 0.717) is 35.8 Å². The van der Waals surface area contributed by atoms with Gasteiger partial charge in [0.15, 0.2) is 5.65 Å². The van der Waals surface area contributed by atoms with Gasteiger partial charge in [-0.2, -0.15) is 18.3 Å². The van der Waals surface area contributed by atoms with Crippen LogP contribution in [0.1, 0.15) is 12.0 Å². The molecule has 0 aliphatic carbocycles. The lowest BCUT2D eigenvalue weighted by Crippen LogP contribution is -2.54. The topological polar surface area (TPSA) is 112 Å². The molecule has 0 spiro atoms. The van der Waals surface area contributed by atoms with Gasteiger partial charge < -0.3 is 19.7 Å².